The Morgan fingerprint density at radius 2 is 1.57 bits per heavy atom. The number of aromatic carboxylic acids is 1. The van der Waals surface area contributed by atoms with Crippen LogP contribution in [0.2, 0.25) is 0 Å². The SMILES string of the molecule is CCOc1c(C(=O)O)ccc(-c2ccccc2)c1OCC. The molecule has 0 aliphatic heterocycles. The molecule has 110 valence electrons. The number of rotatable bonds is 6. The third-order valence-electron chi connectivity index (χ3n) is 3.00. The molecule has 0 radical (unpaired) electrons. The molecule has 4 nitrogen and oxygen atoms in total. The lowest BCUT2D eigenvalue weighted by Gasteiger charge is -2.17. The summed E-state index contributed by atoms with van der Waals surface area (Å²) in [5.41, 5.74) is 1.89. The monoisotopic (exact) mass is 286 g/mol. The zero-order valence-corrected chi connectivity index (χ0v) is 12.1. The Bertz CT molecular complexity index is 620. The number of hydrogen-bond acceptors (Lipinski definition) is 3. The van der Waals surface area contributed by atoms with Crippen molar-refractivity contribution in [1.82, 2.24) is 0 Å². The van der Waals surface area contributed by atoms with Gasteiger partial charge in [0.05, 0.1) is 13.2 Å². The minimum absolute atomic E-state index is 0.111. The Labute approximate surface area is 123 Å². The second kappa shape index (κ2) is 6.79. The molecule has 1 N–H and O–H groups in total. The van der Waals surface area contributed by atoms with Gasteiger partial charge in [0.2, 0.25) is 0 Å². The van der Waals surface area contributed by atoms with Crippen LogP contribution < -0.4 is 9.47 Å². The van der Waals surface area contributed by atoms with E-state index in [0.717, 1.165) is 11.1 Å². The first-order chi connectivity index (χ1) is 10.2. The normalized spacial score (nSPS) is 10.2. The lowest BCUT2D eigenvalue weighted by molar-refractivity contribution is 0.0691. The van der Waals surface area contributed by atoms with Crippen LogP contribution >= 0.6 is 0 Å². The molecule has 2 aromatic rings. The van der Waals surface area contributed by atoms with Gasteiger partial charge < -0.3 is 14.6 Å². The van der Waals surface area contributed by atoms with Crippen LogP contribution in [0.4, 0.5) is 0 Å². The molecular formula is C17H18O4. The molecule has 2 aromatic carbocycles. The summed E-state index contributed by atoms with van der Waals surface area (Å²) in [4.78, 5) is 11.4. The zero-order valence-electron chi connectivity index (χ0n) is 12.1. The van der Waals surface area contributed by atoms with Crippen LogP contribution in [0.5, 0.6) is 11.5 Å². The van der Waals surface area contributed by atoms with Crippen molar-refractivity contribution in [1.29, 1.82) is 0 Å². The molecule has 21 heavy (non-hydrogen) atoms. The summed E-state index contributed by atoms with van der Waals surface area (Å²) in [6, 6.07) is 13.0. The van der Waals surface area contributed by atoms with E-state index in [4.69, 9.17) is 9.47 Å². The van der Waals surface area contributed by atoms with Crippen molar-refractivity contribution in [2.24, 2.45) is 0 Å². The summed E-state index contributed by atoms with van der Waals surface area (Å²) in [5.74, 6) is -0.266. The van der Waals surface area contributed by atoms with Gasteiger partial charge in [0.15, 0.2) is 11.5 Å². The third kappa shape index (κ3) is 3.16. The fraction of sp³-hybridized carbons (Fsp3) is 0.235. The van der Waals surface area contributed by atoms with Crippen LogP contribution in [0.3, 0.4) is 0 Å². The number of carboxylic acids is 1. The fourth-order valence-corrected chi connectivity index (χ4v) is 2.15. The summed E-state index contributed by atoms with van der Waals surface area (Å²) < 4.78 is 11.2. The smallest absolute Gasteiger partial charge is 0.339 e. The largest absolute Gasteiger partial charge is 0.489 e. The molecule has 0 spiro atoms. The Kier molecular flexibility index (Phi) is 4.82. The standard InChI is InChI=1S/C17H18O4/c1-3-20-15-13(12-8-6-5-7-9-12)10-11-14(17(18)19)16(15)21-4-2/h5-11H,3-4H2,1-2H3,(H,18,19). The molecule has 0 saturated carbocycles. The number of carboxylic acid groups (broad SMARTS) is 1. The molecule has 0 saturated heterocycles. The molecule has 0 aliphatic carbocycles. The summed E-state index contributed by atoms with van der Waals surface area (Å²) in [6.45, 7) is 4.48. The van der Waals surface area contributed by atoms with E-state index in [1.165, 1.54) is 0 Å². The van der Waals surface area contributed by atoms with Gasteiger partial charge in [0.25, 0.3) is 0 Å². The van der Waals surface area contributed by atoms with Gasteiger partial charge in [-0.3, -0.25) is 0 Å². The molecular weight excluding hydrogens is 268 g/mol. The molecule has 0 atom stereocenters. The van der Waals surface area contributed by atoms with Gasteiger partial charge in [-0.05, 0) is 31.5 Å². The van der Waals surface area contributed by atoms with Gasteiger partial charge in [-0.25, -0.2) is 4.79 Å². The van der Waals surface area contributed by atoms with Gasteiger partial charge in [0, 0.05) is 5.56 Å². The highest BCUT2D eigenvalue weighted by Gasteiger charge is 2.20. The van der Waals surface area contributed by atoms with E-state index in [2.05, 4.69) is 0 Å². The van der Waals surface area contributed by atoms with E-state index in [-0.39, 0.29) is 11.3 Å². The Hall–Kier alpha value is -2.49. The minimum Gasteiger partial charge on any atom is -0.489 e. The van der Waals surface area contributed by atoms with Crippen LogP contribution in [0.1, 0.15) is 24.2 Å². The van der Waals surface area contributed by atoms with Gasteiger partial charge in [-0.15, -0.1) is 0 Å². The Morgan fingerprint density at radius 3 is 2.14 bits per heavy atom. The maximum Gasteiger partial charge on any atom is 0.339 e. The van der Waals surface area contributed by atoms with Gasteiger partial charge in [-0.2, -0.15) is 0 Å². The highest BCUT2D eigenvalue weighted by molar-refractivity contribution is 5.94. The molecule has 0 heterocycles. The van der Waals surface area contributed by atoms with Crippen LogP contribution in [0.25, 0.3) is 11.1 Å². The van der Waals surface area contributed by atoms with Crippen LogP contribution in [0, 0.1) is 0 Å². The van der Waals surface area contributed by atoms with Gasteiger partial charge >= 0.3 is 5.97 Å². The summed E-state index contributed by atoms with van der Waals surface area (Å²) in [5, 5.41) is 9.31. The van der Waals surface area contributed by atoms with Crippen molar-refractivity contribution in [2.75, 3.05) is 13.2 Å². The van der Waals surface area contributed by atoms with Crippen molar-refractivity contribution in [3.05, 3.63) is 48.0 Å². The number of benzene rings is 2. The molecule has 0 fully saturated rings. The van der Waals surface area contributed by atoms with Crippen LogP contribution in [-0.4, -0.2) is 24.3 Å². The lowest BCUT2D eigenvalue weighted by atomic mass is 10.0. The predicted octanol–water partition coefficient (Wildman–Crippen LogP) is 3.85. The topological polar surface area (TPSA) is 55.8 Å². The highest BCUT2D eigenvalue weighted by atomic mass is 16.5. The third-order valence-corrected chi connectivity index (χ3v) is 3.00. The summed E-state index contributed by atoms with van der Waals surface area (Å²) >= 11 is 0. The van der Waals surface area contributed by atoms with Crippen molar-refractivity contribution in [3.8, 4) is 22.6 Å². The summed E-state index contributed by atoms with van der Waals surface area (Å²) in [7, 11) is 0. The first-order valence-electron chi connectivity index (χ1n) is 6.90. The van der Waals surface area contributed by atoms with Crippen molar-refractivity contribution < 1.29 is 19.4 Å². The molecule has 0 amide bonds. The first kappa shape index (κ1) is 14.9. The second-order valence-corrected chi connectivity index (χ2v) is 4.36. The Balaban J connectivity index is 2.66. The maximum atomic E-state index is 11.4. The van der Waals surface area contributed by atoms with Crippen molar-refractivity contribution >= 4 is 5.97 Å². The van der Waals surface area contributed by atoms with E-state index in [9.17, 15) is 9.90 Å². The van der Waals surface area contributed by atoms with E-state index in [1.807, 2.05) is 44.2 Å². The molecule has 0 unspecified atom stereocenters. The second-order valence-electron chi connectivity index (χ2n) is 4.36. The zero-order chi connectivity index (χ0) is 15.2. The molecule has 0 bridgehead atoms. The maximum absolute atomic E-state index is 11.4. The highest BCUT2D eigenvalue weighted by Crippen LogP contribution is 2.41. The molecule has 4 heteroatoms. The average molecular weight is 286 g/mol. The first-order valence-corrected chi connectivity index (χ1v) is 6.90. The predicted molar refractivity (Wildman–Crippen MR) is 81.2 cm³/mol. The van der Waals surface area contributed by atoms with E-state index >= 15 is 0 Å². The van der Waals surface area contributed by atoms with Gasteiger partial charge in [-0.1, -0.05) is 30.3 Å². The number of ether oxygens (including phenoxy) is 2. The molecule has 0 aromatic heterocycles. The lowest BCUT2D eigenvalue weighted by Crippen LogP contribution is -2.07. The van der Waals surface area contributed by atoms with E-state index in [1.54, 1.807) is 12.1 Å². The van der Waals surface area contributed by atoms with E-state index in [0.29, 0.717) is 19.0 Å². The van der Waals surface area contributed by atoms with Crippen LogP contribution in [-0.2, 0) is 0 Å². The summed E-state index contributed by atoms with van der Waals surface area (Å²) in [6.07, 6.45) is 0. The quantitative estimate of drug-likeness (QED) is 0.876. The van der Waals surface area contributed by atoms with Gasteiger partial charge in [0.1, 0.15) is 5.56 Å². The van der Waals surface area contributed by atoms with E-state index < -0.39 is 5.97 Å². The molecule has 0 aliphatic rings. The number of hydrogen-bond donors (Lipinski definition) is 1. The van der Waals surface area contributed by atoms with Crippen molar-refractivity contribution in [3.63, 3.8) is 0 Å². The number of carbonyl (C=O) groups is 1. The van der Waals surface area contributed by atoms with Crippen molar-refractivity contribution in [2.45, 2.75) is 13.8 Å². The Morgan fingerprint density at radius 1 is 0.952 bits per heavy atom. The minimum atomic E-state index is -1.03. The average Bonchev–Trinajstić information content (AvgIpc) is 2.49. The fourth-order valence-electron chi connectivity index (χ4n) is 2.15. The van der Waals surface area contributed by atoms with Crippen LogP contribution in [0.15, 0.2) is 42.5 Å². The molecule has 2 rings (SSSR count).